The van der Waals surface area contributed by atoms with Gasteiger partial charge in [-0.1, -0.05) is 74.5 Å². The molecule has 0 fully saturated rings. The maximum Gasteiger partial charge on any atom is 0.151 e. The number of hydrogen-bond acceptors (Lipinski definition) is 3. The monoisotopic (exact) mass is 480 g/mol. The van der Waals surface area contributed by atoms with E-state index in [0.29, 0.717) is 0 Å². The van der Waals surface area contributed by atoms with Crippen LogP contribution in [0.2, 0.25) is 0 Å². The molecular formula is C34H28N2O. The molecule has 0 saturated carbocycles. The number of benzene rings is 5. The molecule has 2 aliphatic heterocycles. The number of ether oxygens (including phenoxy) is 1. The van der Waals surface area contributed by atoms with Gasteiger partial charge in [0.1, 0.15) is 0 Å². The van der Waals surface area contributed by atoms with E-state index in [-0.39, 0.29) is 5.41 Å². The number of para-hydroxylation sites is 4. The molecule has 37 heavy (non-hydrogen) atoms. The Morgan fingerprint density at radius 3 is 1.89 bits per heavy atom. The molecule has 0 unspecified atom stereocenters. The molecule has 3 heteroatoms. The second-order valence-corrected chi connectivity index (χ2v) is 10.3. The highest BCUT2D eigenvalue weighted by Crippen LogP contribution is 2.60. The quantitative estimate of drug-likeness (QED) is 0.251. The maximum atomic E-state index is 6.44. The van der Waals surface area contributed by atoms with Crippen LogP contribution in [-0.2, 0) is 5.41 Å². The van der Waals surface area contributed by atoms with Gasteiger partial charge in [0.25, 0.3) is 0 Å². The third-order valence-corrected chi connectivity index (χ3v) is 7.72. The van der Waals surface area contributed by atoms with E-state index in [1.54, 1.807) is 0 Å². The van der Waals surface area contributed by atoms with Crippen molar-refractivity contribution in [1.82, 2.24) is 0 Å². The van der Waals surface area contributed by atoms with Gasteiger partial charge in [-0.25, -0.2) is 0 Å². The first kappa shape index (κ1) is 21.8. The van der Waals surface area contributed by atoms with Crippen LogP contribution in [0.15, 0.2) is 115 Å². The van der Waals surface area contributed by atoms with Gasteiger partial charge in [0.05, 0.1) is 17.1 Å². The van der Waals surface area contributed by atoms with Crippen molar-refractivity contribution in [1.29, 1.82) is 0 Å². The van der Waals surface area contributed by atoms with Gasteiger partial charge in [-0.05, 0) is 78.2 Å². The van der Waals surface area contributed by atoms with E-state index in [2.05, 4.69) is 146 Å². The highest BCUT2D eigenvalue weighted by molar-refractivity contribution is 5.95. The second kappa shape index (κ2) is 8.01. The van der Waals surface area contributed by atoms with Crippen LogP contribution in [0.1, 0.15) is 30.5 Å². The largest absolute Gasteiger partial charge is 0.453 e. The molecule has 0 aromatic heterocycles. The Labute approximate surface area is 218 Å². The van der Waals surface area contributed by atoms with Crippen molar-refractivity contribution in [2.75, 3.05) is 9.80 Å². The maximum absolute atomic E-state index is 6.44. The van der Waals surface area contributed by atoms with Crippen LogP contribution in [0.4, 0.5) is 34.1 Å². The van der Waals surface area contributed by atoms with E-state index in [1.807, 2.05) is 0 Å². The zero-order valence-electron chi connectivity index (χ0n) is 21.3. The summed E-state index contributed by atoms with van der Waals surface area (Å²) in [5.41, 5.74) is 10.4. The SMILES string of the molecule is Cc1cccc2c1N1c3ccc(N(c4ccccc4)c4ccccc4)cc3C(C)(C)c3cccc(c31)O2. The number of fused-ring (bicyclic) bond motifs is 4. The lowest BCUT2D eigenvalue weighted by atomic mass is 9.73. The fourth-order valence-corrected chi connectivity index (χ4v) is 5.92. The minimum absolute atomic E-state index is 0.213. The molecule has 5 aromatic rings. The highest BCUT2D eigenvalue weighted by atomic mass is 16.5. The van der Waals surface area contributed by atoms with Crippen LogP contribution < -0.4 is 14.5 Å². The van der Waals surface area contributed by atoms with Crippen molar-refractivity contribution >= 4 is 34.1 Å². The molecule has 0 aliphatic carbocycles. The van der Waals surface area contributed by atoms with Crippen LogP contribution in [0.5, 0.6) is 11.5 Å². The number of aryl methyl sites for hydroxylation is 1. The molecule has 3 nitrogen and oxygen atoms in total. The molecule has 5 aromatic carbocycles. The van der Waals surface area contributed by atoms with Crippen molar-refractivity contribution in [2.45, 2.75) is 26.2 Å². The summed E-state index contributed by atoms with van der Waals surface area (Å²) >= 11 is 0. The molecule has 0 atom stereocenters. The van der Waals surface area contributed by atoms with Crippen LogP contribution >= 0.6 is 0 Å². The second-order valence-electron chi connectivity index (χ2n) is 10.3. The molecule has 0 spiro atoms. The van der Waals surface area contributed by atoms with Gasteiger partial charge < -0.3 is 14.5 Å². The Morgan fingerprint density at radius 1 is 0.595 bits per heavy atom. The van der Waals surface area contributed by atoms with Gasteiger partial charge in [0, 0.05) is 22.5 Å². The van der Waals surface area contributed by atoms with Crippen molar-refractivity contribution in [3.8, 4) is 11.5 Å². The topological polar surface area (TPSA) is 15.7 Å². The fourth-order valence-electron chi connectivity index (χ4n) is 5.92. The van der Waals surface area contributed by atoms with E-state index in [4.69, 9.17) is 4.74 Å². The predicted octanol–water partition coefficient (Wildman–Crippen LogP) is 9.68. The number of hydrogen-bond donors (Lipinski definition) is 0. The average Bonchev–Trinajstić information content (AvgIpc) is 2.92. The Balaban J connectivity index is 1.48. The first-order valence-electron chi connectivity index (χ1n) is 12.8. The standard InChI is InChI=1S/C34H28N2O/c1-23-12-10-18-30-32(23)36-29-21-20-26(35(24-13-6-4-7-14-24)25-15-8-5-9-16-25)22-28(29)34(2,3)27-17-11-19-31(37-30)33(27)36/h4-22H,1-3H3. The van der Waals surface area contributed by atoms with Gasteiger partial charge in [0.2, 0.25) is 0 Å². The van der Waals surface area contributed by atoms with Gasteiger partial charge in [0.15, 0.2) is 11.5 Å². The summed E-state index contributed by atoms with van der Waals surface area (Å²) in [5, 5.41) is 0. The van der Waals surface area contributed by atoms with Crippen LogP contribution in [-0.4, -0.2) is 0 Å². The van der Waals surface area contributed by atoms with Crippen molar-refractivity contribution < 1.29 is 4.74 Å². The molecular weight excluding hydrogens is 452 g/mol. The predicted molar refractivity (Wildman–Crippen MR) is 153 cm³/mol. The van der Waals surface area contributed by atoms with Gasteiger partial charge in [-0.3, -0.25) is 0 Å². The minimum atomic E-state index is -0.213. The van der Waals surface area contributed by atoms with Gasteiger partial charge in [-0.15, -0.1) is 0 Å². The minimum Gasteiger partial charge on any atom is -0.453 e. The average molecular weight is 481 g/mol. The zero-order chi connectivity index (χ0) is 25.1. The summed E-state index contributed by atoms with van der Waals surface area (Å²) in [6, 6.07) is 40.8. The molecule has 2 heterocycles. The first-order valence-corrected chi connectivity index (χ1v) is 12.8. The van der Waals surface area contributed by atoms with E-state index in [1.165, 1.54) is 22.4 Å². The van der Waals surface area contributed by atoms with Gasteiger partial charge >= 0.3 is 0 Å². The van der Waals surface area contributed by atoms with E-state index in [0.717, 1.165) is 39.9 Å². The van der Waals surface area contributed by atoms with Crippen LogP contribution in [0.25, 0.3) is 0 Å². The molecule has 0 bridgehead atoms. The Kier molecular flexibility index (Phi) is 4.71. The number of nitrogens with zero attached hydrogens (tertiary/aromatic N) is 2. The molecule has 7 rings (SSSR count). The van der Waals surface area contributed by atoms with Crippen molar-refractivity contribution in [3.05, 3.63) is 132 Å². The molecule has 0 radical (unpaired) electrons. The third kappa shape index (κ3) is 3.20. The summed E-state index contributed by atoms with van der Waals surface area (Å²) in [6.07, 6.45) is 0. The van der Waals surface area contributed by atoms with E-state index in [9.17, 15) is 0 Å². The fraction of sp³-hybridized carbons (Fsp3) is 0.118. The Morgan fingerprint density at radius 2 is 1.22 bits per heavy atom. The Bertz CT molecular complexity index is 1600. The first-order chi connectivity index (χ1) is 18.0. The van der Waals surface area contributed by atoms with E-state index >= 15 is 0 Å². The molecule has 0 saturated heterocycles. The van der Waals surface area contributed by atoms with Crippen LogP contribution in [0, 0.1) is 6.92 Å². The summed E-state index contributed by atoms with van der Waals surface area (Å²) in [7, 11) is 0. The third-order valence-electron chi connectivity index (χ3n) is 7.72. The summed E-state index contributed by atoms with van der Waals surface area (Å²) < 4.78 is 6.44. The summed E-state index contributed by atoms with van der Waals surface area (Å²) in [4.78, 5) is 4.75. The summed E-state index contributed by atoms with van der Waals surface area (Å²) in [5.74, 6) is 1.81. The highest BCUT2D eigenvalue weighted by Gasteiger charge is 2.42. The molecule has 2 aliphatic rings. The van der Waals surface area contributed by atoms with Crippen molar-refractivity contribution in [3.63, 3.8) is 0 Å². The Hall–Kier alpha value is -4.50. The molecule has 0 amide bonds. The number of anilines is 6. The van der Waals surface area contributed by atoms with Crippen molar-refractivity contribution in [2.24, 2.45) is 0 Å². The normalized spacial score (nSPS) is 14.2. The lowest BCUT2D eigenvalue weighted by Gasteiger charge is -2.45. The van der Waals surface area contributed by atoms with E-state index < -0.39 is 0 Å². The van der Waals surface area contributed by atoms with Gasteiger partial charge in [-0.2, -0.15) is 0 Å². The lowest BCUT2D eigenvalue weighted by molar-refractivity contribution is 0.471. The lowest BCUT2D eigenvalue weighted by Crippen LogP contribution is -2.32. The number of rotatable bonds is 3. The molecule has 180 valence electrons. The zero-order valence-corrected chi connectivity index (χ0v) is 21.3. The van der Waals surface area contributed by atoms with Crippen LogP contribution in [0.3, 0.4) is 0 Å². The summed E-state index contributed by atoms with van der Waals surface area (Å²) in [6.45, 7) is 6.81. The molecule has 0 N–H and O–H groups in total. The smallest absolute Gasteiger partial charge is 0.151 e.